The first-order chi connectivity index (χ1) is 14.1. The molecule has 1 aromatic carbocycles. The third-order valence-corrected chi connectivity index (χ3v) is 4.58. The molecule has 0 saturated heterocycles. The fraction of sp³-hybridized carbons (Fsp3) is 0.182. The van der Waals surface area contributed by atoms with E-state index in [1.807, 2.05) is 50.2 Å². The molecule has 0 bridgehead atoms. The molecule has 4 aromatic rings. The monoisotopic (exact) mass is 388 g/mol. The lowest BCUT2D eigenvalue weighted by Crippen LogP contribution is -2.28. The molecular weight excluding hydrogens is 368 g/mol. The van der Waals surface area contributed by atoms with Crippen LogP contribution in [0.3, 0.4) is 0 Å². The molecule has 0 aliphatic rings. The zero-order chi connectivity index (χ0) is 20.2. The topological polar surface area (TPSA) is 90.1 Å². The van der Waals surface area contributed by atoms with Gasteiger partial charge in [-0.1, -0.05) is 18.2 Å². The SMILES string of the molecule is Cc1cccnc1[C@H](C)NC(=O)c1coc(COc2cccc3cnccc23)n1. The Labute approximate surface area is 167 Å². The van der Waals surface area contributed by atoms with Gasteiger partial charge in [-0.15, -0.1) is 0 Å². The first-order valence-electron chi connectivity index (χ1n) is 9.24. The molecule has 29 heavy (non-hydrogen) atoms. The normalized spacial score (nSPS) is 11.9. The van der Waals surface area contributed by atoms with Crippen LogP contribution in [0.1, 0.15) is 40.6 Å². The number of hydrogen-bond donors (Lipinski definition) is 1. The van der Waals surface area contributed by atoms with Crippen molar-refractivity contribution in [3.05, 3.63) is 84.1 Å². The minimum Gasteiger partial charge on any atom is -0.483 e. The predicted octanol–water partition coefficient (Wildman–Crippen LogP) is 4.00. The number of hydrogen-bond acceptors (Lipinski definition) is 6. The number of rotatable bonds is 6. The number of fused-ring (bicyclic) bond motifs is 1. The molecule has 0 saturated carbocycles. The maximum Gasteiger partial charge on any atom is 0.273 e. The summed E-state index contributed by atoms with van der Waals surface area (Å²) in [5.41, 5.74) is 2.03. The van der Waals surface area contributed by atoms with Gasteiger partial charge in [-0.05, 0) is 37.6 Å². The lowest BCUT2D eigenvalue weighted by atomic mass is 10.1. The largest absolute Gasteiger partial charge is 0.483 e. The molecule has 3 aromatic heterocycles. The molecule has 3 heterocycles. The summed E-state index contributed by atoms with van der Waals surface area (Å²) in [6.45, 7) is 3.95. The molecule has 0 radical (unpaired) electrons. The third kappa shape index (κ3) is 4.08. The van der Waals surface area contributed by atoms with Crippen molar-refractivity contribution in [2.24, 2.45) is 0 Å². The molecule has 146 valence electrons. The summed E-state index contributed by atoms with van der Waals surface area (Å²) < 4.78 is 11.2. The molecule has 7 nitrogen and oxygen atoms in total. The fourth-order valence-electron chi connectivity index (χ4n) is 3.13. The van der Waals surface area contributed by atoms with Crippen LogP contribution in [0.15, 0.2) is 65.7 Å². The molecule has 0 aliphatic carbocycles. The smallest absolute Gasteiger partial charge is 0.273 e. The lowest BCUT2D eigenvalue weighted by molar-refractivity contribution is 0.0934. The first-order valence-corrected chi connectivity index (χ1v) is 9.24. The van der Waals surface area contributed by atoms with Crippen molar-refractivity contribution in [3.63, 3.8) is 0 Å². The molecule has 4 rings (SSSR count). The number of carbonyl (C=O) groups is 1. The average molecular weight is 388 g/mol. The molecule has 1 N–H and O–H groups in total. The van der Waals surface area contributed by atoms with Crippen molar-refractivity contribution in [1.29, 1.82) is 0 Å². The van der Waals surface area contributed by atoms with E-state index in [-0.39, 0.29) is 24.2 Å². The van der Waals surface area contributed by atoms with Gasteiger partial charge in [0, 0.05) is 29.4 Å². The van der Waals surface area contributed by atoms with Gasteiger partial charge in [0.05, 0.1) is 11.7 Å². The van der Waals surface area contributed by atoms with E-state index in [9.17, 15) is 4.79 Å². The van der Waals surface area contributed by atoms with Crippen molar-refractivity contribution in [1.82, 2.24) is 20.3 Å². The summed E-state index contributed by atoms with van der Waals surface area (Å²) in [4.78, 5) is 25.2. The molecule has 0 unspecified atom stereocenters. The van der Waals surface area contributed by atoms with Gasteiger partial charge >= 0.3 is 0 Å². The average Bonchev–Trinajstić information content (AvgIpc) is 3.21. The number of nitrogens with zero attached hydrogens (tertiary/aromatic N) is 3. The molecule has 7 heteroatoms. The van der Waals surface area contributed by atoms with Crippen molar-refractivity contribution in [2.45, 2.75) is 26.5 Å². The number of amides is 1. The van der Waals surface area contributed by atoms with Crippen molar-refractivity contribution >= 4 is 16.7 Å². The number of benzene rings is 1. The summed E-state index contributed by atoms with van der Waals surface area (Å²) in [6, 6.07) is 11.2. The van der Waals surface area contributed by atoms with Crippen molar-refractivity contribution in [2.75, 3.05) is 0 Å². The van der Waals surface area contributed by atoms with E-state index < -0.39 is 0 Å². The van der Waals surface area contributed by atoms with Gasteiger partial charge < -0.3 is 14.5 Å². The van der Waals surface area contributed by atoms with Crippen molar-refractivity contribution in [3.8, 4) is 5.75 Å². The Morgan fingerprint density at radius 3 is 2.97 bits per heavy atom. The van der Waals surface area contributed by atoms with E-state index >= 15 is 0 Å². The highest BCUT2D eigenvalue weighted by Gasteiger charge is 2.17. The Morgan fingerprint density at radius 1 is 1.21 bits per heavy atom. The van der Waals surface area contributed by atoms with Crippen LogP contribution in [-0.4, -0.2) is 20.9 Å². The number of pyridine rings is 2. The van der Waals surface area contributed by atoms with E-state index in [0.29, 0.717) is 11.6 Å². The number of carbonyl (C=O) groups excluding carboxylic acids is 1. The van der Waals surface area contributed by atoms with E-state index in [1.165, 1.54) is 6.26 Å². The van der Waals surface area contributed by atoms with Crippen LogP contribution in [0.25, 0.3) is 10.8 Å². The Balaban J connectivity index is 1.41. The standard InChI is InChI=1S/C22H20N4O3/c1-14-5-4-9-24-21(14)15(2)25-22(27)18-12-29-20(26-18)13-28-19-7-3-6-16-11-23-10-8-17(16)19/h3-12,15H,13H2,1-2H3,(H,25,27)/t15-/m0/s1. The zero-order valence-electron chi connectivity index (χ0n) is 16.1. The van der Waals surface area contributed by atoms with Gasteiger partial charge in [0.15, 0.2) is 12.3 Å². The van der Waals surface area contributed by atoms with Crippen LogP contribution >= 0.6 is 0 Å². The molecule has 1 amide bonds. The van der Waals surface area contributed by atoms with E-state index in [4.69, 9.17) is 9.15 Å². The third-order valence-electron chi connectivity index (χ3n) is 4.58. The second-order valence-electron chi connectivity index (χ2n) is 6.67. The zero-order valence-corrected chi connectivity index (χ0v) is 16.1. The number of aromatic nitrogens is 3. The van der Waals surface area contributed by atoms with Crippen molar-refractivity contribution < 1.29 is 13.9 Å². The van der Waals surface area contributed by atoms with Crippen LogP contribution < -0.4 is 10.1 Å². The number of aryl methyl sites for hydroxylation is 1. The fourth-order valence-corrected chi connectivity index (χ4v) is 3.13. The Bertz CT molecular complexity index is 1150. The van der Waals surface area contributed by atoms with Gasteiger partial charge in [0.2, 0.25) is 5.89 Å². The van der Waals surface area contributed by atoms with E-state index in [1.54, 1.807) is 18.6 Å². The maximum atomic E-state index is 12.5. The van der Waals surface area contributed by atoms with Crippen LogP contribution in [0, 0.1) is 6.92 Å². The van der Waals surface area contributed by atoms with Gasteiger partial charge in [0.1, 0.15) is 12.0 Å². The van der Waals surface area contributed by atoms with Gasteiger partial charge in [-0.2, -0.15) is 0 Å². The summed E-state index contributed by atoms with van der Waals surface area (Å²) in [6.07, 6.45) is 6.53. The molecular formula is C22H20N4O3. The second-order valence-corrected chi connectivity index (χ2v) is 6.67. The molecule has 0 spiro atoms. The van der Waals surface area contributed by atoms with E-state index in [0.717, 1.165) is 22.0 Å². The highest BCUT2D eigenvalue weighted by Crippen LogP contribution is 2.25. The summed E-state index contributed by atoms with van der Waals surface area (Å²) >= 11 is 0. The minimum absolute atomic E-state index is 0.115. The molecule has 1 atom stereocenters. The van der Waals surface area contributed by atoms with Crippen LogP contribution in [0.5, 0.6) is 5.75 Å². The van der Waals surface area contributed by atoms with Crippen LogP contribution in [0.4, 0.5) is 0 Å². The summed E-state index contributed by atoms with van der Waals surface area (Å²) in [5.74, 6) is 0.699. The highest BCUT2D eigenvalue weighted by atomic mass is 16.5. The highest BCUT2D eigenvalue weighted by molar-refractivity contribution is 5.92. The number of nitrogens with one attached hydrogen (secondary N) is 1. The van der Waals surface area contributed by atoms with Gasteiger partial charge in [0.25, 0.3) is 5.91 Å². The minimum atomic E-state index is -0.325. The van der Waals surface area contributed by atoms with Crippen LogP contribution in [0.2, 0.25) is 0 Å². The summed E-state index contributed by atoms with van der Waals surface area (Å²) in [7, 11) is 0. The molecule has 0 fully saturated rings. The Kier molecular flexibility index (Phi) is 5.20. The van der Waals surface area contributed by atoms with E-state index in [2.05, 4.69) is 20.3 Å². The molecule has 0 aliphatic heterocycles. The first kappa shape index (κ1) is 18.6. The number of oxazole rings is 1. The van der Waals surface area contributed by atoms with Crippen LogP contribution in [-0.2, 0) is 6.61 Å². The Morgan fingerprint density at radius 2 is 2.10 bits per heavy atom. The van der Waals surface area contributed by atoms with Gasteiger partial charge in [-0.25, -0.2) is 4.98 Å². The number of ether oxygens (including phenoxy) is 1. The second kappa shape index (κ2) is 8.10. The Hall–Kier alpha value is -3.74. The lowest BCUT2D eigenvalue weighted by Gasteiger charge is -2.14. The predicted molar refractivity (Wildman–Crippen MR) is 107 cm³/mol. The van der Waals surface area contributed by atoms with Gasteiger partial charge in [-0.3, -0.25) is 14.8 Å². The maximum absolute atomic E-state index is 12.5. The summed E-state index contributed by atoms with van der Waals surface area (Å²) in [5, 5.41) is 4.83. The quantitative estimate of drug-likeness (QED) is 0.537.